The number of carbonyl (C=O) groups is 2. The lowest BCUT2D eigenvalue weighted by Gasteiger charge is -2.04. The molecule has 26 heavy (non-hydrogen) atoms. The number of benzene rings is 1. The first-order chi connectivity index (χ1) is 12.7. The first-order valence-electron chi connectivity index (χ1n) is 7.91. The van der Waals surface area contributed by atoms with Crippen LogP contribution in [-0.2, 0) is 4.79 Å². The van der Waals surface area contributed by atoms with E-state index in [-0.39, 0.29) is 11.8 Å². The van der Waals surface area contributed by atoms with Gasteiger partial charge in [0.2, 0.25) is 5.91 Å². The van der Waals surface area contributed by atoms with Gasteiger partial charge in [0.05, 0.1) is 11.9 Å². The average molecular weight is 347 g/mol. The van der Waals surface area contributed by atoms with Crippen molar-refractivity contribution in [2.45, 2.75) is 0 Å². The van der Waals surface area contributed by atoms with Crippen LogP contribution in [0.25, 0.3) is 11.9 Å². The van der Waals surface area contributed by atoms with Gasteiger partial charge in [0.1, 0.15) is 12.1 Å². The number of nitrogens with one attached hydrogen (secondary N) is 2. The van der Waals surface area contributed by atoms with Crippen LogP contribution >= 0.6 is 0 Å². The van der Waals surface area contributed by atoms with E-state index in [4.69, 9.17) is 0 Å². The van der Waals surface area contributed by atoms with E-state index in [9.17, 15) is 9.59 Å². The molecule has 0 bridgehead atoms. The molecular formula is C19H17N5O2. The van der Waals surface area contributed by atoms with Gasteiger partial charge < -0.3 is 10.6 Å². The number of aromatic nitrogens is 3. The summed E-state index contributed by atoms with van der Waals surface area (Å²) in [7, 11) is 1.58. The van der Waals surface area contributed by atoms with Crippen molar-refractivity contribution in [3.8, 4) is 5.82 Å². The van der Waals surface area contributed by atoms with Gasteiger partial charge in [0.25, 0.3) is 5.91 Å². The van der Waals surface area contributed by atoms with E-state index >= 15 is 0 Å². The van der Waals surface area contributed by atoms with Gasteiger partial charge >= 0.3 is 0 Å². The molecule has 0 aliphatic heterocycles. The van der Waals surface area contributed by atoms with Crippen LogP contribution in [0, 0.1) is 0 Å². The first kappa shape index (κ1) is 17.1. The summed E-state index contributed by atoms with van der Waals surface area (Å²) in [6.07, 6.45) is 9.80. The predicted molar refractivity (Wildman–Crippen MR) is 98.9 cm³/mol. The summed E-state index contributed by atoms with van der Waals surface area (Å²) in [6.45, 7) is 0. The Morgan fingerprint density at radius 3 is 2.54 bits per heavy atom. The highest BCUT2D eigenvalue weighted by atomic mass is 16.2. The molecule has 0 atom stereocenters. The molecule has 0 unspecified atom stereocenters. The van der Waals surface area contributed by atoms with E-state index in [1.807, 2.05) is 0 Å². The summed E-state index contributed by atoms with van der Waals surface area (Å²) in [5, 5.41) is 5.31. The number of pyridine rings is 1. The van der Waals surface area contributed by atoms with Crippen LogP contribution in [-0.4, -0.2) is 33.4 Å². The average Bonchev–Trinajstić information content (AvgIpc) is 3.21. The van der Waals surface area contributed by atoms with Crippen LogP contribution in [0.4, 0.5) is 5.69 Å². The zero-order valence-electron chi connectivity index (χ0n) is 14.1. The molecule has 2 N–H and O–H groups in total. The fraction of sp³-hybridized carbons (Fsp3) is 0.0526. The molecule has 2 heterocycles. The minimum absolute atomic E-state index is 0.148. The Bertz CT molecular complexity index is 914. The van der Waals surface area contributed by atoms with Gasteiger partial charge in [-0.3, -0.25) is 14.2 Å². The third-order valence-corrected chi connectivity index (χ3v) is 3.61. The Kier molecular flexibility index (Phi) is 5.19. The lowest BCUT2D eigenvalue weighted by atomic mass is 10.1. The zero-order chi connectivity index (χ0) is 18.4. The van der Waals surface area contributed by atoms with Crippen LogP contribution in [0.2, 0.25) is 0 Å². The SMILES string of the molecule is CNC(=O)c1ccc(C=CC(=O)Nc2ccc(-n3ccnc3)nc2)cc1. The second-order valence-electron chi connectivity index (χ2n) is 5.40. The molecule has 3 aromatic rings. The molecule has 0 saturated heterocycles. The number of amides is 2. The summed E-state index contributed by atoms with van der Waals surface area (Å²) >= 11 is 0. The Labute approximate surface area is 150 Å². The van der Waals surface area contributed by atoms with Gasteiger partial charge in [-0.2, -0.15) is 0 Å². The molecule has 7 heteroatoms. The quantitative estimate of drug-likeness (QED) is 0.693. The first-order valence-corrected chi connectivity index (χ1v) is 7.91. The maximum absolute atomic E-state index is 12.0. The highest BCUT2D eigenvalue weighted by Gasteiger charge is 2.03. The molecule has 0 radical (unpaired) electrons. The van der Waals surface area contributed by atoms with Crippen molar-refractivity contribution in [2.24, 2.45) is 0 Å². The Morgan fingerprint density at radius 1 is 1.12 bits per heavy atom. The molecule has 0 aliphatic rings. The van der Waals surface area contributed by atoms with Gasteiger partial charge in [0.15, 0.2) is 0 Å². The highest BCUT2D eigenvalue weighted by molar-refractivity contribution is 6.02. The lowest BCUT2D eigenvalue weighted by Crippen LogP contribution is -2.17. The number of anilines is 1. The molecule has 7 nitrogen and oxygen atoms in total. The largest absolute Gasteiger partial charge is 0.355 e. The normalized spacial score (nSPS) is 10.7. The Hall–Kier alpha value is -3.74. The lowest BCUT2D eigenvalue weighted by molar-refractivity contribution is -0.111. The number of hydrogen-bond donors (Lipinski definition) is 2. The number of hydrogen-bond acceptors (Lipinski definition) is 4. The van der Waals surface area contributed by atoms with Crippen molar-refractivity contribution >= 4 is 23.6 Å². The van der Waals surface area contributed by atoms with Crippen molar-refractivity contribution in [3.05, 3.63) is 78.5 Å². The maximum Gasteiger partial charge on any atom is 0.251 e. The molecule has 1 aromatic carbocycles. The Balaban J connectivity index is 1.59. The molecule has 0 spiro atoms. The summed E-state index contributed by atoms with van der Waals surface area (Å²) in [6, 6.07) is 10.5. The van der Waals surface area contributed by atoms with Crippen molar-refractivity contribution in [1.82, 2.24) is 19.9 Å². The zero-order valence-corrected chi connectivity index (χ0v) is 14.1. The third kappa shape index (κ3) is 4.21. The van der Waals surface area contributed by atoms with E-state index in [1.54, 1.807) is 79.0 Å². The summed E-state index contributed by atoms with van der Waals surface area (Å²) < 4.78 is 1.77. The van der Waals surface area contributed by atoms with Crippen LogP contribution in [0.3, 0.4) is 0 Å². The second kappa shape index (κ2) is 7.89. The van der Waals surface area contributed by atoms with Crippen LogP contribution < -0.4 is 10.6 Å². The minimum atomic E-state index is -0.266. The summed E-state index contributed by atoms with van der Waals surface area (Å²) in [5.41, 5.74) is 1.98. The molecule has 0 fully saturated rings. The third-order valence-electron chi connectivity index (χ3n) is 3.61. The van der Waals surface area contributed by atoms with Crippen molar-refractivity contribution in [3.63, 3.8) is 0 Å². The van der Waals surface area contributed by atoms with Crippen LogP contribution in [0.1, 0.15) is 15.9 Å². The highest BCUT2D eigenvalue weighted by Crippen LogP contribution is 2.10. The van der Waals surface area contributed by atoms with Crippen LogP contribution in [0.5, 0.6) is 0 Å². The topological polar surface area (TPSA) is 88.9 Å². The molecule has 0 saturated carbocycles. The standard InChI is InChI=1S/C19H17N5O2/c1-20-19(26)15-5-2-14(3-6-15)4-9-18(25)23-16-7-8-17(22-12-16)24-11-10-21-13-24/h2-13H,1H3,(H,20,26)(H,23,25). The van der Waals surface area contributed by atoms with E-state index in [0.29, 0.717) is 17.1 Å². The molecule has 2 aromatic heterocycles. The monoisotopic (exact) mass is 347 g/mol. The number of rotatable bonds is 5. The second-order valence-corrected chi connectivity index (χ2v) is 5.40. The molecule has 3 rings (SSSR count). The summed E-state index contributed by atoms with van der Waals surface area (Å²) in [5.74, 6) is 0.301. The Morgan fingerprint density at radius 2 is 1.92 bits per heavy atom. The number of carbonyl (C=O) groups excluding carboxylic acids is 2. The summed E-state index contributed by atoms with van der Waals surface area (Å²) in [4.78, 5) is 31.7. The van der Waals surface area contributed by atoms with Gasteiger partial charge in [-0.15, -0.1) is 0 Å². The van der Waals surface area contributed by atoms with E-state index < -0.39 is 0 Å². The predicted octanol–water partition coefficient (Wildman–Crippen LogP) is 2.28. The molecule has 130 valence electrons. The van der Waals surface area contributed by atoms with Gasteiger partial charge in [0, 0.05) is 31.1 Å². The fourth-order valence-corrected chi connectivity index (χ4v) is 2.25. The van der Waals surface area contributed by atoms with Crippen LogP contribution in [0.15, 0.2) is 67.4 Å². The fourth-order valence-electron chi connectivity index (χ4n) is 2.25. The number of nitrogens with zero attached hydrogens (tertiary/aromatic N) is 3. The molecule has 2 amide bonds. The van der Waals surface area contributed by atoms with Crippen molar-refractivity contribution in [2.75, 3.05) is 12.4 Å². The molecule has 0 aliphatic carbocycles. The van der Waals surface area contributed by atoms with Gasteiger partial charge in [-0.1, -0.05) is 12.1 Å². The minimum Gasteiger partial charge on any atom is -0.355 e. The van der Waals surface area contributed by atoms with Gasteiger partial charge in [-0.25, -0.2) is 9.97 Å². The van der Waals surface area contributed by atoms with E-state index in [0.717, 1.165) is 5.56 Å². The number of imidazole rings is 1. The van der Waals surface area contributed by atoms with E-state index in [1.165, 1.54) is 6.08 Å². The molecular weight excluding hydrogens is 330 g/mol. The van der Waals surface area contributed by atoms with Gasteiger partial charge in [-0.05, 0) is 35.9 Å². The van der Waals surface area contributed by atoms with Crippen molar-refractivity contribution < 1.29 is 9.59 Å². The van der Waals surface area contributed by atoms with E-state index in [2.05, 4.69) is 20.6 Å². The smallest absolute Gasteiger partial charge is 0.251 e. The maximum atomic E-state index is 12.0. The van der Waals surface area contributed by atoms with Crippen molar-refractivity contribution in [1.29, 1.82) is 0 Å².